The van der Waals surface area contributed by atoms with Crippen LogP contribution < -0.4 is 10.1 Å². The summed E-state index contributed by atoms with van der Waals surface area (Å²) in [5.74, 6) is 0.456. The molecule has 0 spiro atoms. The molecule has 3 nitrogen and oxygen atoms in total. The van der Waals surface area contributed by atoms with Crippen LogP contribution in [0.2, 0.25) is 5.02 Å². The second kappa shape index (κ2) is 9.25. The highest BCUT2D eigenvalue weighted by Crippen LogP contribution is 2.26. The van der Waals surface area contributed by atoms with Gasteiger partial charge in [0.25, 0.3) is 5.91 Å². The Labute approximate surface area is 162 Å². The Bertz CT molecular complexity index is 748. The van der Waals surface area contributed by atoms with Crippen molar-refractivity contribution in [1.29, 1.82) is 0 Å². The molecule has 2 rings (SSSR count). The molecular weight excluding hydrogens is 402 g/mol. The first kappa shape index (κ1) is 19.8. The lowest BCUT2D eigenvalue weighted by Crippen LogP contribution is -2.30. The SMILES string of the molecule is CCCCc1ccc(NC(=O)C(C)Oc2ccc(Cl)cc2C)c(Br)c1. The van der Waals surface area contributed by atoms with E-state index in [1.165, 1.54) is 5.56 Å². The molecule has 0 heterocycles. The molecule has 2 aromatic rings. The van der Waals surface area contributed by atoms with E-state index < -0.39 is 6.10 Å². The Morgan fingerprint density at radius 3 is 2.68 bits per heavy atom. The summed E-state index contributed by atoms with van der Waals surface area (Å²) in [6.45, 7) is 5.80. The van der Waals surface area contributed by atoms with Gasteiger partial charge in [-0.15, -0.1) is 0 Å². The van der Waals surface area contributed by atoms with E-state index in [-0.39, 0.29) is 5.91 Å². The number of hydrogen-bond acceptors (Lipinski definition) is 2. The average molecular weight is 425 g/mol. The maximum absolute atomic E-state index is 12.4. The van der Waals surface area contributed by atoms with Crippen LogP contribution >= 0.6 is 27.5 Å². The minimum atomic E-state index is -0.619. The number of benzene rings is 2. The minimum Gasteiger partial charge on any atom is -0.481 e. The summed E-state index contributed by atoms with van der Waals surface area (Å²) in [4.78, 5) is 12.4. The predicted molar refractivity (Wildman–Crippen MR) is 108 cm³/mol. The molecule has 0 bridgehead atoms. The molecule has 5 heteroatoms. The quantitative estimate of drug-likeness (QED) is 0.578. The summed E-state index contributed by atoms with van der Waals surface area (Å²) in [5, 5.41) is 3.55. The smallest absolute Gasteiger partial charge is 0.265 e. The van der Waals surface area contributed by atoms with E-state index in [2.05, 4.69) is 34.2 Å². The molecule has 0 saturated heterocycles. The average Bonchev–Trinajstić information content (AvgIpc) is 2.57. The van der Waals surface area contributed by atoms with Gasteiger partial charge >= 0.3 is 0 Å². The van der Waals surface area contributed by atoms with Crippen molar-refractivity contribution in [2.75, 3.05) is 5.32 Å². The van der Waals surface area contributed by atoms with E-state index in [4.69, 9.17) is 16.3 Å². The number of hydrogen-bond donors (Lipinski definition) is 1. The molecule has 134 valence electrons. The lowest BCUT2D eigenvalue weighted by Gasteiger charge is -2.17. The lowest BCUT2D eigenvalue weighted by atomic mass is 10.1. The fourth-order valence-electron chi connectivity index (χ4n) is 2.42. The van der Waals surface area contributed by atoms with Crippen LogP contribution in [-0.4, -0.2) is 12.0 Å². The minimum absolute atomic E-state index is 0.198. The van der Waals surface area contributed by atoms with E-state index in [0.717, 1.165) is 35.0 Å². The number of amides is 1. The number of carbonyl (C=O) groups excluding carboxylic acids is 1. The highest BCUT2D eigenvalue weighted by Gasteiger charge is 2.17. The van der Waals surface area contributed by atoms with Gasteiger partial charge in [-0.3, -0.25) is 4.79 Å². The van der Waals surface area contributed by atoms with Crippen LogP contribution in [0.1, 0.15) is 37.8 Å². The summed E-state index contributed by atoms with van der Waals surface area (Å²) in [6.07, 6.45) is 2.74. The number of nitrogens with one attached hydrogen (secondary N) is 1. The molecule has 0 aliphatic carbocycles. The number of carbonyl (C=O) groups is 1. The van der Waals surface area contributed by atoms with Crippen LogP contribution in [0.3, 0.4) is 0 Å². The molecule has 1 N–H and O–H groups in total. The van der Waals surface area contributed by atoms with Gasteiger partial charge < -0.3 is 10.1 Å². The van der Waals surface area contributed by atoms with Gasteiger partial charge in [-0.25, -0.2) is 0 Å². The molecule has 1 amide bonds. The molecular formula is C20H23BrClNO2. The zero-order valence-corrected chi connectivity index (χ0v) is 17.1. The maximum Gasteiger partial charge on any atom is 0.265 e. The molecule has 0 saturated carbocycles. The zero-order valence-electron chi connectivity index (χ0n) is 14.7. The van der Waals surface area contributed by atoms with E-state index in [9.17, 15) is 4.79 Å². The first-order chi connectivity index (χ1) is 11.9. The summed E-state index contributed by atoms with van der Waals surface area (Å²) >= 11 is 9.48. The van der Waals surface area contributed by atoms with Crippen molar-refractivity contribution in [3.63, 3.8) is 0 Å². The number of halogens is 2. The summed E-state index contributed by atoms with van der Waals surface area (Å²) in [7, 11) is 0. The van der Waals surface area contributed by atoms with Gasteiger partial charge in [-0.1, -0.05) is 31.0 Å². The Balaban J connectivity index is 2.01. The summed E-state index contributed by atoms with van der Waals surface area (Å²) < 4.78 is 6.64. The highest BCUT2D eigenvalue weighted by molar-refractivity contribution is 9.10. The zero-order chi connectivity index (χ0) is 18.4. The number of rotatable bonds is 7. The van der Waals surface area contributed by atoms with Crippen molar-refractivity contribution in [2.45, 2.75) is 46.1 Å². The van der Waals surface area contributed by atoms with Crippen molar-refractivity contribution in [2.24, 2.45) is 0 Å². The molecule has 1 atom stereocenters. The molecule has 0 fully saturated rings. The lowest BCUT2D eigenvalue weighted by molar-refractivity contribution is -0.122. The molecule has 0 aliphatic heterocycles. The van der Waals surface area contributed by atoms with Gasteiger partial charge in [-0.05, 0) is 84.1 Å². The predicted octanol–water partition coefficient (Wildman–Crippen LogP) is 6.16. The van der Waals surface area contributed by atoms with Crippen molar-refractivity contribution in [1.82, 2.24) is 0 Å². The third kappa shape index (κ3) is 5.75. The van der Waals surface area contributed by atoms with Gasteiger partial charge in [0, 0.05) is 9.50 Å². The highest BCUT2D eigenvalue weighted by atomic mass is 79.9. The molecule has 1 unspecified atom stereocenters. The molecule has 0 radical (unpaired) electrons. The monoisotopic (exact) mass is 423 g/mol. The third-order valence-electron chi connectivity index (χ3n) is 3.92. The van der Waals surface area contributed by atoms with Gasteiger partial charge in [-0.2, -0.15) is 0 Å². The number of anilines is 1. The Kier molecular flexibility index (Phi) is 7.33. The fraction of sp³-hybridized carbons (Fsp3) is 0.350. The van der Waals surface area contributed by atoms with Crippen LogP contribution in [0.15, 0.2) is 40.9 Å². The number of aryl methyl sites for hydroxylation is 2. The number of ether oxygens (including phenoxy) is 1. The fourth-order valence-corrected chi connectivity index (χ4v) is 3.17. The molecule has 2 aromatic carbocycles. The largest absolute Gasteiger partial charge is 0.481 e. The molecule has 25 heavy (non-hydrogen) atoms. The standard InChI is InChI=1S/C20H23BrClNO2/c1-4-5-6-15-7-9-18(17(21)12-15)23-20(24)14(3)25-19-10-8-16(22)11-13(19)2/h7-12,14H,4-6H2,1-3H3,(H,23,24). The van der Waals surface area contributed by atoms with E-state index in [0.29, 0.717) is 10.8 Å². The topological polar surface area (TPSA) is 38.3 Å². The summed E-state index contributed by atoms with van der Waals surface area (Å²) in [6, 6.07) is 11.4. The van der Waals surface area contributed by atoms with E-state index in [1.54, 1.807) is 19.1 Å². The van der Waals surface area contributed by atoms with Crippen LogP contribution in [-0.2, 0) is 11.2 Å². The van der Waals surface area contributed by atoms with Crippen LogP contribution in [0.25, 0.3) is 0 Å². The normalized spacial score (nSPS) is 11.9. The Morgan fingerprint density at radius 1 is 1.28 bits per heavy atom. The second-order valence-electron chi connectivity index (χ2n) is 6.08. The molecule has 0 aromatic heterocycles. The van der Waals surface area contributed by atoms with Crippen LogP contribution in [0.5, 0.6) is 5.75 Å². The van der Waals surface area contributed by atoms with Crippen molar-refractivity contribution >= 4 is 39.1 Å². The second-order valence-corrected chi connectivity index (χ2v) is 7.37. The van der Waals surface area contributed by atoms with Gasteiger partial charge in [0.15, 0.2) is 6.10 Å². The van der Waals surface area contributed by atoms with E-state index in [1.807, 2.05) is 25.1 Å². The van der Waals surface area contributed by atoms with Crippen molar-refractivity contribution in [3.8, 4) is 5.75 Å². The first-order valence-electron chi connectivity index (χ1n) is 8.42. The Morgan fingerprint density at radius 2 is 2.04 bits per heavy atom. The van der Waals surface area contributed by atoms with Crippen molar-refractivity contribution in [3.05, 3.63) is 57.0 Å². The van der Waals surface area contributed by atoms with Gasteiger partial charge in [0.2, 0.25) is 0 Å². The molecule has 0 aliphatic rings. The summed E-state index contributed by atoms with van der Waals surface area (Å²) in [5.41, 5.74) is 2.90. The maximum atomic E-state index is 12.4. The first-order valence-corrected chi connectivity index (χ1v) is 9.60. The van der Waals surface area contributed by atoms with Crippen LogP contribution in [0, 0.1) is 6.92 Å². The van der Waals surface area contributed by atoms with E-state index >= 15 is 0 Å². The Hall–Kier alpha value is -1.52. The number of unbranched alkanes of at least 4 members (excludes halogenated alkanes) is 1. The third-order valence-corrected chi connectivity index (χ3v) is 4.81. The van der Waals surface area contributed by atoms with Crippen LogP contribution in [0.4, 0.5) is 5.69 Å². The van der Waals surface area contributed by atoms with Crippen molar-refractivity contribution < 1.29 is 9.53 Å². The van der Waals surface area contributed by atoms with Gasteiger partial charge in [0.1, 0.15) is 5.75 Å². The van der Waals surface area contributed by atoms with Gasteiger partial charge in [0.05, 0.1) is 5.69 Å².